The second-order valence-corrected chi connectivity index (χ2v) is 4.43. The zero-order chi connectivity index (χ0) is 13.7. The van der Waals surface area contributed by atoms with Gasteiger partial charge in [0, 0.05) is 5.69 Å². The van der Waals surface area contributed by atoms with Gasteiger partial charge in [-0.25, -0.2) is 4.39 Å². The molecular weight excluding hydrogens is 285 g/mol. The molecule has 7 heteroatoms. The molecule has 0 bridgehead atoms. The quantitative estimate of drug-likeness (QED) is 0.779. The van der Waals surface area contributed by atoms with Crippen LogP contribution in [0.5, 0.6) is 0 Å². The van der Waals surface area contributed by atoms with Gasteiger partial charge in [-0.3, -0.25) is 9.59 Å². The summed E-state index contributed by atoms with van der Waals surface area (Å²) in [6.45, 7) is 0.709. The van der Waals surface area contributed by atoms with Crippen LogP contribution < -0.4 is 16.0 Å². The van der Waals surface area contributed by atoms with Crippen molar-refractivity contribution in [2.75, 3.05) is 18.4 Å². The van der Waals surface area contributed by atoms with Crippen molar-refractivity contribution in [2.24, 2.45) is 0 Å². The molecule has 2 rings (SSSR count). The van der Waals surface area contributed by atoms with Crippen LogP contribution in [-0.4, -0.2) is 30.9 Å². The van der Waals surface area contributed by atoms with Gasteiger partial charge in [0.15, 0.2) is 0 Å². The van der Waals surface area contributed by atoms with E-state index in [1.807, 2.05) is 0 Å². The van der Waals surface area contributed by atoms with Crippen molar-refractivity contribution in [3.63, 3.8) is 0 Å². The van der Waals surface area contributed by atoms with Crippen molar-refractivity contribution in [3.8, 4) is 0 Å². The molecule has 2 amide bonds. The summed E-state index contributed by atoms with van der Waals surface area (Å²) in [4.78, 5) is 23.2. The molecule has 1 aliphatic heterocycles. The number of carbonyl (C=O) groups is 2. The highest BCUT2D eigenvalue weighted by molar-refractivity contribution is 5.95. The summed E-state index contributed by atoms with van der Waals surface area (Å²) in [7, 11) is 0. The molecule has 1 fully saturated rings. The molecule has 0 aliphatic carbocycles. The fraction of sp³-hybridized carbons (Fsp3) is 0.385. The van der Waals surface area contributed by atoms with Crippen molar-refractivity contribution in [3.05, 3.63) is 30.1 Å². The number of nitrogens with one attached hydrogen (secondary N) is 3. The van der Waals surface area contributed by atoms with E-state index in [4.69, 9.17) is 0 Å². The zero-order valence-electron chi connectivity index (χ0n) is 10.8. The summed E-state index contributed by atoms with van der Waals surface area (Å²) in [6, 6.07) is 5.40. The molecule has 0 saturated carbocycles. The lowest BCUT2D eigenvalue weighted by atomic mass is 10.2. The van der Waals surface area contributed by atoms with Gasteiger partial charge in [0.25, 0.3) is 0 Å². The highest BCUT2D eigenvalue weighted by Gasteiger charge is 2.21. The summed E-state index contributed by atoms with van der Waals surface area (Å²) in [5.41, 5.74) is 0.373. The number of hydrogen-bond acceptors (Lipinski definition) is 3. The van der Waals surface area contributed by atoms with Gasteiger partial charge in [-0.2, -0.15) is 0 Å². The number of carbonyl (C=O) groups excluding carboxylic acids is 2. The summed E-state index contributed by atoms with van der Waals surface area (Å²) in [5.74, 6) is -0.971. The fourth-order valence-electron chi connectivity index (χ4n) is 1.97. The van der Waals surface area contributed by atoms with Gasteiger partial charge in [0.1, 0.15) is 5.82 Å². The Hall–Kier alpha value is -1.66. The minimum atomic E-state index is -0.419. The van der Waals surface area contributed by atoms with Gasteiger partial charge in [-0.1, -0.05) is 6.07 Å². The monoisotopic (exact) mass is 301 g/mol. The Morgan fingerprint density at radius 2 is 2.20 bits per heavy atom. The minimum absolute atomic E-state index is 0. The first-order chi connectivity index (χ1) is 9.15. The summed E-state index contributed by atoms with van der Waals surface area (Å²) in [5, 5.41) is 8.11. The van der Waals surface area contributed by atoms with E-state index >= 15 is 0 Å². The normalized spacial score (nSPS) is 17.1. The predicted molar refractivity (Wildman–Crippen MR) is 76.3 cm³/mol. The van der Waals surface area contributed by atoms with Crippen LogP contribution in [0, 0.1) is 5.82 Å². The molecule has 0 radical (unpaired) electrons. The molecule has 1 heterocycles. The lowest BCUT2D eigenvalue weighted by Crippen LogP contribution is -2.43. The molecule has 1 aliphatic rings. The van der Waals surface area contributed by atoms with Crippen molar-refractivity contribution in [1.29, 1.82) is 0 Å². The molecule has 1 aromatic rings. The first-order valence-corrected chi connectivity index (χ1v) is 6.21. The SMILES string of the molecule is Cl.O=C(CNC(=O)C1CCCN1)Nc1cccc(F)c1. The maximum atomic E-state index is 12.9. The maximum absolute atomic E-state index is 12.9. The Bertz CT molecular complexity index is 478. The Labute approximate surface area is 122 Å². The number of rotatable bonds is 4. The average molecular weight is 302 g/mol. The van der Waals surface area contributed by atoms with Crippen LogP contribution >= 0.6 is 12.4 Å². The van der Waals surface area contributed by atoms with Crippen molar-refractivity contribution < 1.29 is 14.0 Å². The molecule has 1 unspecified atom stereocenters. The Morgan fingerprint density at radius 3 is 2.85 bits per heavy atom. The van der Waals surface area contributed by atoms with Gasteiger partial charge in [-0.15, -0.1) is 12.4 Å². The first-order valence-electron chi connectivity index (χ1n) is 6.21. The smallest absolute Gasteiger partial charge is 0.243 e. The molecule has 1 aromatic carbocycles. The second kappa shape index (κ2) is 7.81. The predicted octanol–water partition coefficient (Wildman–Crippen LogP) is 1.05. The van der Waals surface area contributed by atoms with E-state index in [-0.39, 0.29) is 36.8 Å². The van der Waals surface area contributed by atoms with E-state index in [1.165, 1.54) is 18.2 Å². The fourth-order valence-corrected chi connectivity index (χ4v) is 1.97. The van der Waals surface area contributed by atoms with Gasteiger partial charge >= 0.3 is 0 Å². The van der Waals surface area contributed by atoms with Crippen LogP contribution in [0.3, 0.4) is 0 Å². The molecule has 20 heavy (non-hydrogen) atoms. The maximum Gasteiger partial charge on any atom is 0.243 e. The minimum Gasteiger partial charge on any atom is -0.346 e. The molecule has 5 nitrogen and oxygen atoms in total. The van der Waals surface area contributed by atoms with Gasteiger partial charge < -0.3 is 16.0 Å². The van der Waals surface area contributed by atoms with Crippen LogP contribution in [-0.2, 0) is 9.59 Å². The number of hydrogen-bond donors (Lipinski definition) is 3. The molecule has 0 spiro atoms. The largest absolute Gasteiger partial charge is 0.346 e. The standard InChI is InChI=1S/C13H16FN3O2.ClH/c14-9-3-1-4-10(7-9)17-12(18)8-16-13(19)11-5-2-6-15-11;/h1,3-4,7,11,15H,2,5-6,8H2,(H,16,19)(H,17,18);1H. The van der Waals surface area contributed by atoms with E-state index < -0.39 is 5.82 Å². The van der Waals surface area contributed by atoms with E-state index in [1.54, 1.807) is 6.07 Å². The Balaban J connectivity index is 0.00000200. The van der Waals surface area contributed by atoms with Crippen LogP contribution in [0.2, 0.25) is 0 Å². The topological polar surface area (TPSA) is 70.2 Å². The number of benzene rings is 1. The van der Waals surface area contributed by atoms with E-state index in [0.717, 1.165) is 19.4 Å². The highest BCUT2D eigenvalue weighted by atomic mass is 35.5. The summed E-state index contributed by atoms with van der Waals surface area (Å²) >= 11 is 0. The van der Waals surface area contributed by atoms with E-state index in [0.29, 0.717) is 5.69 Å². The molecule has 3 N–H and O–H groups in total. The molecule has 1 saturated heterocycles. The zero-order valence-corrected chi connectivity index (χ0v) is 11.6. The summed E-state index contributed by atoms with van der Waals surface area (Å²) in [6.07, 6.45) is 1.75. The van der Waals surface area contributed by atoms with Gasteiger partial charge in [0.05, 0.1) is 12.6 Å². The van der Waals surface area contributed by atoms with Crippen LogP contribution in [0.25, 0.3) is 0 Å². The van der Waals surface area contributed by atoms with Crippen LogP contribution in [0.4, 0.5) is 10.1 Å². The highest BCUT2D eigenvalue weighted by Crippen LogP contribution is 2.08. The molecule has 110 valence electrons. The van der Waals surface area contributed by atoms with Crippen molar-refractivity contribution in [2.45, 2.75) is 18.9 Å². The lowest BCUT2D eigenvalue weighted by Gasteiger charge is -2.11. The van der Waals surface area contributed by atoms with Crippen LogP contribution in [0.1, 0.15) is 12.8 Å². The van der Waals surface area contributed by atoms with Gasteiger partial charge in [-0.05, 0) is 37.6 Å². The Morgan fingerprint density at radius 1 is 1.40 bits per heavy atom. The molecule has 1 atom stereocenters. The summed E-state index contributed by atoms with van der Waals surface area (Å²) < 4.78 is 12.9. The lowest BCUT2D eigenvalue weighted by molar-refractivity contribution is -0.125. The van der Waals surface area contributed by atoms with Crippen LogP contribution in [0.15, 0.2) is 24.3 Å². The second-order valence-electron chi connectivity index (χ2n) is 4.43. The molecule has 0 aromatic heterocycles. The van der Waals surface area contributed by atoms with E-state index in [2.05, 4.69) is 16.0 Å². The number of halogens is 2. The third kappa shape index (κ3) is 4.79. The average Bonchev–Trinajstić information content (AvgIpc) is 2.90. The van der Waals surface area contributed by atoms with Crippen molar-refractivity contribution >= 4 is 29.9 Å². The van der Waals surface area contributed by atoms with Crippen molar-refractivity contribution in [1.82, 2.24) is 10.6 Å². The number of amides is 2. The third-order valence-corrected chi connectivity index (χ3v) is 2.91. The van der Waals surface area contributed by atoms with Gasteiger partial charge in [0.2, 0.25) is 11.8 Å². The first kappa shape index (κ1) is 16.4. The third-order valence-electron chi connectivity index (χ3n) is 2.91. The van der Waals surface area contributed by atoms with E-state index in [9.17, 15) is 14.0 Å². The molecular formula is C13H17ClFN3O2. The Kier molecular flexibility index (Phi) is 6.41. The number of anilines is 1.